The zero-order chi connectivity index (χ0) is 16.7. The summed E-state index contributed by atoms with van der Waals surface area (Å²) in [6.07, 6.45) is 5.85. The lowest BCUT2D eigenvalue weighted by molar-refractivity contribution is -0.383. The highest BCUT2D eigenvalue weighted by Crippen LogP contribution is 2.37. The SMILES string of the molecule is Cl.NC1(c2noc(-c3ccc(NC4CC4)c([N+](=O)[O-])c3)n2)CCCC1. The maximum absolute atomic E-state index is 11.4. The minimum absolute atomic E-state index is 0. The van der Waals surface area contributed by atoms with Gasteiger partial charge in [0.2, 0.25) is 0 Å². The Hall–Kier alpha value is -2.19. The zero-order valence-electron chi connectivity index (χ0n) is 13.6. The van der Waals surface area contributed by atoms with Crippen molar-refractivity contribution in [1.82, 2.24) is 10.1 Å². The van der Waals surface area contributed by atoms with Crippen molar-refractivity contribution in [2.75, 3.05) is 5.32 Å². The highest BCUT2D eigenvalue weighted by atomic mass is 35.5. The summed E-state index contributed by atoms with van der Waals surface area (Å²) < 4.78 is 5.31. The van der Waals surface area contributed by atoms with Crippen molar-refractivity contribution in [2.45, 2.75) is 50.1 Å². The van der Waals surface area contributed by atoms with Crippen LogP contribution in [0, 0.1) is 10.1 Å². The number of nitrogens with two attached hydrogens (primary N) is 1. The first-order valence-electron chi connectivity index (χ1n) is 8.24. The number of anilines is 1. The highest BCUT2D eigenvalue weighted by Gasteiger charge is 2.36. The van der Waals surface area contributed by atoms with Crippen LogP contribution in [0.2, 0.25) is 0 Å². The Kier molecular flexibility index (Phi) is 4.66. The maximum atomic E-state index is 11.4. The molecule has 3 N–H and O–H groups in total. The monoisotopic (exact) mass is 365 g/mol. The van der Waals surface area contributed by atoms with Crippen LogP contribution in [0.25, 0.3) is 11.5 Å². The number of nitrogens with one attached hydrogen (secondary N) is 1. The van der Waals surface area contributed by atoms with Crippen LogP contribution in [0.1, 0.15) is 44.3 Å². The molecule has 0 saturated heterocycles. The van der Waals surface area contributed by atoms with Crippen molar-refractivity contribution in [1.29, 1.82) is 0 Å². The van der Waals surface area contributed by atoms with E-state index >= 15 is 0 Å². The molecule has 1 aromatic carbocycles. The third kappa shape index (κ3) is 3.45. The van der Waals surface area contributed by atoms with Gasteiger partial charge in [0.05, 0.1) is 10.5 Å². The fourth-order valence-corrected chi connectivity index (χ4v) is 3.16. The molecular weight excluding hydrogens is 346 g/mol. The number of hydrogen-bond donors (Lipinski definition) is 2. The van der Waals surface area contributed by atoms with Crippen molar-refractivity contribution >= 4 is 23.8 Å². The minimum atomic E-state index is -0.541. The third-order valence-corrected chi connectivity index (χ3v) is 4.75. The molecular formula is C16H20ClN5O3. The average Bonchev–Trinajstić information content (AvgIpc) is 3.06. The van der Waals surface area contributed by atoms with Gasteiger partial charge < -0.3 is 15.6 Å². The van der Waals surface area contributed by atoms with Gasteiger partial charge in [-0.2, -0.15) is 4.98 Å². The van der Waals surface area contributed by atoms with Gasteiger partial charge in [-0.15, -0.1) is 12.4 Å². The van der Waals surface area contributed by atoms with E-state index in [-0.39, 0.29) is 24.0 Å². The lowest BCUT2D eigenvalue weighted by Gasteiger charge is -2.17. The van der Waals surface area contributed by atoms with Gasteiger partial charge in [-0.3, -0.25) is 10.1 Å². The van der Waals surface area contributed by atoms with Crippen LogP contribution in [0.5, 0.6) is 0 Å². The summed E-state index contributed by atoms with van der Waals surface area (Å²) in [5.74, 6) is 0.751. The Morgan fingerprint density at radius 3 is 2.68 bits per heavy atom. The Balaban J connectivity index is 0.00000182. The molecule has 1 aromatic heterocycles. The summed E-state index contributed by atoms with van der Waals surface area (Å²) in [5.41, 5.74) is 6.86. The van der Waals surface area contributed by atoms with Gasteiger partial charge in [-0.1, -0.05) is 18.0 Å². The fourth-order valence-electron chi connectivity index (χ4n) is 3.16. The first-order valence-corrected chi connectivity index (χ1v) is 8.24. The van der Waals surface area contributed by atoms with Crippen LogP contribution >= 0.6 is 12.4 Å². The highest BCUT2D eigenvalue weighted by molar-refractivity contribution is 5.85. The number of benzene rings is 1. The molecule has 25 heavy (non-hydrogen) atoms. The molecule has 8 nitrogen and oxygen atoms in total. The summed E-state index contributed by atoms with van der Waals surface area (Å²) in [7, 11) is 0. The van der Waals surface area contributed by atoms with Crippen molar-refractivity contribution in [3.05, 3.63) is 34.1 Å². The number of halogens is 1. The predicted molar refractivity (Wildman–Crippen MR) is 94.6 cm³/mol. The van der Waals surface area contributed by atoms with Crippen molar-refractivity contribution < 1.29 is 9.45 Å². The second-order valence-corrected chi connectivity index (χ2v) is 6.69. The number of nitro groups is 1. The molecule has 2 fully saturated rings. The summed E-state index contributed by atoms with van der Waals surface area (Å²) in [4.78, 5) is 15.3. The van der Waals surface area contributed by atoms with Crippen LogP contribution in [-0.2, 0) is 5.54 Å². The molecule has 2 aromatic rings. The predicted octanol–water partition coefficient (Wildman–Crippen LogP) is 3.37. The molecule has 1 heterocycles. The van der Waals surface area contributed by atoms with Crippen LogP contribution in [-0.4, -0.2) is 21.1 Å². The van der Waals surface area contributed by atoms with E-state index < -0.39 is 10.5 Å². The Morgan fingerprint density at radius 2 is 2.04 bits per heavy atom. The van der Waals surface area contributed by atoms with Crippen molar-refractivity contribution in [2.24, 2.45) is 5.73 Å². The number of aromatic nitrogens is 2. The van der Waals surface area contributed by atoms with E-state index in [4.69, 9.17) is 10.3 Å². The molecule has 2 aliphatic rings. The molecule has 0 amide bonds. The van der Waals surface area contributed by atoms with Gasteiger partial charge in [-0.05, 0) is 37.8 Å². The van der Waals surface area contributed by atoms with Gasteiger partial charge in [0.25, 0.3) is 11.6 Å². The molecule has 9 heteroatoms. The largest absolute Gasteiger partial charge is 0.377 e. The molecule has 0 radical (unpaired) electrons. The lowest BCUT2D eigenvalue weighted by Crippen LogP contribution is -2.34. The second-order valence-electron chi connectivity index (χ2n) is 6.69. The normalized spacial score (nSPS) is 18.6. The molecule has 0 unspecified atom stereocenters. The molecule has 2 saturated carbocycles. The van der Waals surface area contributed by atoms with E-state index in [1.54, 1.807) is 12.1 Å². The average molecular weight is 366 g/mol. The van der Waals surface area contributed by atoms with Crippen molar-refractivity contribution in [3.8, 4) is 11.5 Å². The van der Waals surface area contributed by atoms with E-state index in [1.165, 1.54) is 6.07 Å². The van der Waals surface area contributed by atoms with E-state index in [0.29, 0.717) is 23.1 Å². The quantitative estimate of drug-likeness (QED) is 0.615. The first kappa shape index (κ1) is 17.6. The summed E-state index contributed by atoms with van der Waals surface area (Å²) in [6.45, 7) is 0. The number of nitro benzene ring substituents is 1. The maximum Gasteiger partial charge on any atom is 0.293 e. The Labute approximate surface area is 150 Å². The third-order valence-electron chi connectivity index (χ3n) is 4.75. The van der Waals surface area contributed by atoms with Gasteiger partial charge in [0.1, 0.15) is 5.69 Å². The second kappa shape index (κ2) is 6.61. The lowest BCUT2D eigenvalue weighted by atomic mass is 9.99. The van der Waals surface area contributed by atoms with Gasteiger partial charge >= 0.3 is 0 Å². The Bertz CT molecular complexity index is 784. The molecule has 0 spiro atoms. The number of nitrogens with zero attached hydrogens (tertiary/aromatic N) is 3. The van der Waals surface area contributed by atoms with E-state index in [1.807, 2.05) is 0 Å². The van der Waals surface area contributed by atoms with E-state index in [0.717, 1.165) is 38.5 Å². The van der Waals surface area contributed by atoms with Gasteiger partial charge in [-0.25, -0.2) is 0 Å². The molecule has 0 aliphatic heterocycles. The molecule has 0 atom stereocenters. The minimum Gasteiger partial charge on any atom is -0.377 e. The van der Waals surface area contributed by atoms with Crippen LogP contribution in [0.15, 0.2) is 22.7 Å². The molecule has 134 valence electrons. The summed E-state index contributed by atoms with van der Waals surface area (Å²) in [6, 6.07) is 5.26. The number of rotatable bonds is 5. The van der Waals surface area contributed by atoms with Gasteiger partial charge in [0, 0.05) is 17.7 Å². The smallest absolute Gasteiger partial charge is 0.293 e. The topological polar surface area (TPSA) is 120 Å². The first-order chi connectivity index (χ1) is 11.5. The number of hydrogen-bond acceptors (Lipinski definition) is 7. The van der Waals surface area contributed by atoms with Crippen LogP contribution in [0.3, 0.4) is 0 Å². The Morgan fingerprint density at radius 1 is 1.32 bits per heavy atom. The fraction of sp³-hybridized carbons (Fsp3) is 0.500. The van der Waals surface area contributed by atoms with Gasteiger partial charge in [0.15, 0.2) is 5.82 Å². The standard InChI is InChI=1S/C16H19N5O3.ClH/c17-16(7-1-2-8-16)15-19-14(24-20-15)10-3-6-12(18-11-4-5-11)13(9-10)21(22)23;/h3,6,9,11,18H,1-2,4-5,7-8,17H2;1H. The van der Waals surface area contributed by atoms with Crippen LogP contribution in [0.4, 0.5) is 11.4 Å². The zero-order valence-corrected chi connectivity index (χ0v) is 14.4. The molecule has 4 rings (SSSR count). The molecule has 0 bridgehead atoms. The molecule has 2 aliphatic carbocycles. The summed E-state index contributed by atoms with van der Waals surface area (Å²) >= 11 is 0. The van der Waals surface area contributed by atoms with E-state index in [2.05, 4.69) is 15.5 Å². The van der Waals surface area contributed by atoms with Crippen molar-refractivity contribution in [3.63, 3.8) is 0 Å². The van der Waals surface area contributed by atoms with Crippen LogP contribution < -0.4 is 11.1 Å². The summed E-state index contributed by atoms with van der Waals surface area (Å²) in [5, 5.41) is 18.5. The van der Waals surface area contributed by atoms with E-state index in [9.17, 15) is 10.1 Å².